The van der Waals surface area contributed by atoms with Crippen LogP contribution in [0.25, 0.3) is 0 Å². The lowest BCUT2D eigenvalue weighted by molar-refractivity contribution is 0.0606. The van der Waals surface area contributed by atoms with Gasteiger partial charge in [-0.05, 0) is 13.0 Å². The second-order valence-electron chi connectivity index (χ2n) is 3.14. The molecule has 1 aromatic rings. The molecular weight excluding hydrogens is 212 g/mol. The third kappa shape index (κ3) is 3.97. The van der Waals surface area contributed by atoms with E-state index in [-0.39, 0.29) is 5.97 Å². The summed E-state index contributed by atoms with van der Waals surface area (Å²) in [5.74, 6) is -0.313. The zero-order valence-electron chi connectivity index (χ0n) is 9.08. The minimum absolute atomic E-state index is 0.313. The summed E-state index contributed by atoms with van der Waals surface area (Å²) in [6.45, 7) is 3.87. The summed E-state index contributed by atoms with van der Waals surface area (Å²) in [4.78, 5) is 15.8. The lowest BCUT2D eigenvalue weighted by Crippen LogP contribution is -2.13. The Labute approximate surface area is 93.7 Å². The van der Waals surface area contributed by atoms with Gasteiger partial charge in [-0.1, -0.05) is 13.3 Å². The number of methoxy groups -OCH3 is 1. The molecule has 1 aromatic heterocycles. The van der Waals surface area contributed by atoms with E-state index >= 15 is 0 Å². The van der Waals surface area contributed by atoms with Gasteiger partial charge in [-0.2, -0.15) is 0 Å². The van der Waals surface area contributed by atoms with E-state index in [1.54, 1.807) is 6.20 Å². The molecule has 0 aliphatic carbocycles. The lowest BCUT2D eigenvalue weighted by Gasteiger charge is -1.99. The van der Waals surface area contributed by atoms with E-state index in [1.165, 1.54) is 24.9 Å². The van der Waals surface area contributed by atoms with Gasteiger partial charge in [-0.3, -0.25) is 0 Å². The zero-order chi connectivity index (χ0) is 11.1. The highest BCUT2D eigenvalue weighted by Gasteiger charge is 2.09. The average Bonchev–Trinajstić information content (AvgIpc) is 2.72. The molecule has 0 aliphatic heterocycles. The van der Waals surface area contributed by atoms with Crippen molar-refractivity contribution < 1.29 is 9.53 Å². The van der Waals surface area contributed by atoms with Crippen molar-refractivity contribution in [2.45, 2.75) is 26.3 Å². The fraction of sp³-hybridized carbons (Fsp3) is 0.600. The molecule has 4 nitrogen and oxygen atoms in total. The van der Waals surface area contributed by atoms with Gasteiger partial charge in [-0.15, -0.1) is 11.3 Å². The summed E-state index contributed by atoms with van der Waals surface area (Å²) in [6, 6.07) is 0. The Kier molecular flexibility index (Phi) is 5.28. The predicted octanol–water partition coefficient (Wildman–Crippen LogP) is 1.82. The number of thiazole rings is 1. The SMILES string of the molecule is CCCCNCc1ncc(C(=O)OC)s1. The van der Waals surface area contributed by atoms with Gasteiger partial charge < -0.3 is 10.1 Å². The normalized spacial score (nSPS) is 10.3. The number of carbonyl (C=O) groups is 1. The fourth-order valence-corrected chi connectivity index (χ4v) is 1.89. The zero-order valence-corrected chi connectivity index (χ0v) is 9.89. The molecule has 0 aromatic carbocycles. The molecule has 0 spiro atoms. The number of nitrogens with one attached hydrogen (secondary N) is 1. The Hall–Kier alpha value is -0.940. The second-order valence-corrected chi connectivity index (χ2v) is 4.26. The summed E-state index contributed by atoms with van der Waals surface area (Å²) in [7, 11) is 1.38. The molecule has 1 N–H and O–H groups in total. The van der Waals surface area contributed by atoms with Crippen LogP contribution in [0.15, 0.2) is 6.20 Å². The molecule has 0 radical (unpaired) electrons. The minimum atomic E-state index is -0.313. The van der Waals surface area contributed by atoms with Crippen molar-refractivity contribution in [2.24, 2.45) is 0 Å². The van der Waals surface area contributed by atoms with E-state index in [0.717, 1.165) is 24.5 Å². The molecular formula is C10H16N2O2S. The van der Waals surface area contributed by atoms with Crippen LogP contribution in [-0.4, -0.2) is 24.6 Å². The predicted molar refractivity (Wildman–Crippen MR) is 60.1 cm³/mol. The van der Waals surface area contributed by atoms with E-state index in [9.17, 15) is 4.79 Å². The first kappa shape index (κ1) is 12.1. The quantitative estimate of drug-likeness (QED) is 0.596. The van der Waals surface area contributed by atoms with Crippen LogP contribution in [0.5, 0.6) is 0 Å². The molecule has 1 rings (SSSR count). The highest BCUT2D eigenvalue weighted by Crippen LogP contribution is 2.13. The Morgan fingerprint density at radius 3 is 3.13 bits per heavy atom. The van der Waals surface area contributed by atoms with Crippen molar-refractivity contribution in [1.29, 1.82) is 0 Å². The van der Waals surface area contributed by atoms with Crippen molar-refractivity contribution in [2.75, 3.05) is 13.7 Å². The number of nitrogens with zero attached hydrogens (tertiary/aromatic N) is 1. The summed E-state index contributed by atoms with van der Waals surface area (Å²) < 4.78 is 4.60. The molecule has 5 heteroatoms. The van der Waals surface area contributed by atoms with Gasteiger partial charge in [-0.25, -0.2) is 9.78 Å². The first-order valence-corrected chi connectivity index (χ1v) is 5.83. The van der Waals surface area contributed by atoms with Crippen LogP contribution in [0.3, 0.4) is 0 Å². The topological polar surface area (TPSA) is 51.2 Å². The van der Waals surface area contributed by atoms with Gasteiger partial charge >= 0.3 is 5.97 Å². The molecule has 0 fully saturated rings. The van der Waals surface area contributed by atoms with Gasteiger partial charge in [0.2, 0.25) is 0 Å². The van der Waals surface area contributed by atoms with Crippen LogP contribution in [-0.2, 0) is 11.3 Å². The van der Waals surface area contributed by atoms with Crippen LogP contribution < -0.4 is 5.32 Å². The Morgan fingerprint density at radius 1 is 1.67 bits per heavy atom. The largest absolute Gasteiger partial charge is 0.465 e. The van der Waals surface area contributed by atoms with Crippen molar-refractivity contribution >= 4 is 17.3 Å². The highest BCUT2D eigenvalue weighted by molar-refractivity contribution is 7.13. The maximum atomic E-state index is 11.1. The van der Waals surface area contributed by atoms with Gasteiger partial charge in [0.15, 0.2) is 0 Å². The highest BCUT2D eigenvalue weighted by atomic mass is 32.1. The van der Waals surface area contributed by atoms with E-state index in [1.807, 2.05) is 0 Å². The summed E-state index contributed by atoms with van der Waals surface area (Å²) in [5, 5.41) is 4.19. The summed E-state index contributed by atoms with van der Waals surface area (Å²) >= 11 is 1.38. The van der Waals surface area contributed by atoms with Crippen molar-refractivity contribution in [3.63, 3.8) is 0 Å². The van der Waals surface area contributed by atoms with Gasteiger partial charge in [0, 0.05) is 6.54 Å². The molecule has 84 valence electrons. The maximum absolute atomic E-state index is 11.1. The minimum Gasteiger partial charge on any atom is -0.465 e. The van der Waals surface area contributed by atoms with Crippen molar-refractivity contribution in [3.05, 3.63) is 16.1 Å². The lowest BCUT2D eigenvalue weighted by atomic mass is 10.3. The maximum Gasteiger partial charge on any atom is 0.349 e. The third-order valence-corrected chi connectivity index (χ3v) is 2.90. The monoisotopic (exact) mass is 228 g/mol. The molecule has 0 saturated heterocycles. The van der Waals surface area contributed by atoms with E-state index in [2.05, 4.69) is 22.0 Å². The Morgan fingerprint density at radius 2 is 2.47 bits per heavy atom. The number of hydrogen-bond donors (Lipinski definition) is 1. The number of aromatic nitrogens is 1. The van der Waals surface area contributed by atoms with E-state index in [0.29, 0.717) is 4.88 Å². The molecule has 0 saturated carbocycles. The van der Waals surface area contributed by atoms with Crippen LogP contribution in [0, 0.1) is 0 Å². The molecule has 15 heavy (non-hydrogen) atoms. The van der Waals surface area contributed by atoms with Crippen molar-refractivity contribution in [3.8, 4) is 0 Å². The van der Waals surface area contributed by atoms with Gasteiger partial charge in [0.05, 0.1) is 13.3 Å². The van der Waals surface area contributed by atoms with Crippen LogP contribution >= 0.6 is 11.3 Å². The summed E-state index contributed by atoms with van der Waals surface area (Å²) in [5.41, 5.74) is 0. The number of esters is 1. The molecule has 1 heterocycles. The van der Waals surface area contributed by atoms with Crippen LogP contribution in [0.4, 0.5) is 0 Å². The first-order valence-electron chi connectivity index (χ1n) is 5.01. The van der Waals surface area contributed by atoms with Crippen LogP contribution in [0.1, 0.15) is 34.4 Å². The smallest absolute Gasteiger partial charge is 0.349 e. The Bertz CT molecular complexity index is 312. The molecule has 0 aliphatic rings. The molecule has 0 amide bonds. The molecule has 0 unspecified atom stereocenters. The van der Waals surface area contributed by atoms with E-state index < -0.39 is 0 Å². The third-order valence-electron chi connectivity index (χ3n) is 1.92. The van der Waals surface area contributed by atoms with Crippen molar-refractivity contribution in [1.82, 2.24) is 10.3 Å². The Balaban J connectivity index is 2.36. The van der Waals surface area contributed by atoms with Gasteiger partial charge in [0.1, 0.15) is 9.88 Å². The van der Waals surface area contributed by atoms with Gasteiger partial charge in [0.25, 0.3) is 0 Å². The van der Waals surface area contributed by atoms with Crippen LogP contribution in [0.2, 0.25) is 0 Å². The standard InChI is InChI=1S/C10H16N2O2S/c1-3-4-5-11-7-9-12-6-8(15-9)10(13)14-2/h6,11H,3-5,7H2,1-2H3. The second kappa shape index (κ2) is 6.53. The number of rotatable bonds is 6. The number of carbonyl (C=O) groups excluding carboxylic acids is 1. The fourth-order valence-electron chi connectivity index (χ4n) is 1.08. The summed E-state index contributed by atoms with van der Waals surface area (Å²) in [6.07, 6.45) is 3.90. The van der Waals surface area contributed by atoms with E-state index in [4.69, 9.17) is 0 Å². The molecule has 0 bridgehead atoms. The number of hydrogen-bond acceptors (Lipinski definition) is 5. The number of ether oxygens (including phenoxy) is 1. The average molecular weight is 228 g/mol. The number of unbranched alkanes of at least 4 members (excludes halogenated alkanes) is 1. The first-order chi connectivity index (χ1) is 7.27. The molecule has 0 atom stereocenters.